The predicted octanol–water partition coefficient (Wildman–Crippen LogP) is 2.64. The summed E-state index contributed by atoms with van der Waals surface area (Å²) in [5, 5.41) is 0. The number of para-hydroxylation sites is 1. The number of rotatable bonds is 4. The van der Waals surface area contributed by atoms with Gasteiger partial charge in [-0.15, -0.1) is 0 Å². The molecule has 0 radical (unpaired) electrons. The number of carbonyl (C=O) groups excluding carboxylic acids is 2. The Morgan fingerprint density at radius 3 is 2.39 bits per heavy atom. The number of methoxy groups -OCH3 is 2. The zero-order valence-electron chi connectivity index (χ0n) is 16.2. The first-order chi connectivity index (χ1) is 13.6. The molecule has 0 N–H and O–H groups in total. The van der Waals surface area contributed by atoms with Crippen LogP contribution in [0.25, 0.3) is 0 Å². The second-order valence-electron chi connectivity index (χ2n) is 7.23. The molecular weight excluding hydrogens is 356 g/mol. The lowest BCUT2D eigenvalue weighted by molar-refractivity contribution is -0.136. The van der Waals surface area contributed by atoms with E-state index >= 15 is 0 Å². The van der Waals surface area contributed by atoms with Gasteiger partial charge >= 0.3 is 0 Å². The molecule has 0 unspecified atom stereocenters. The molecule has 0 spiro atoms. The van der Waals surface area contributed by atoms with Gasteiger partial charge in [-0.25, -0.2) is 0 Å². The van der Waals surface area contributed by atoms with E-state index in [-0.39, 0.29) is 24.2 Å². The first-order valence-corrected chi connectivity index (χ1v) is 9.48. The Labute approximate surface area is 164 Å². The van der Waals surface area contributed by atoms with Crippen LogP contribution < -0.4 is 14.4 Å². The van der Waals surface area contributed by atoms with Crippen molar-refractivity contribution in [3.63, 3.8) is 0 Å². The van der Waals surface area contributed by atoms with E-state index in [0.29, 0.717) is 31.1 Å². The highest BCUT2D eigenvalue weighted by Gasteiger charge is 2.38. The van der Waals surface area contributed by atoms with Gasteiger partial charge in [0.25, 0.3) is 0 Å². The third-order valence-corrected chi connectivity index (χ3v) is 5.57. The molecule has 1 saturated heterocycles. The van der Waals surface area contributed by atoms with E-state index in [9.17, 15) is 9.59 Å². The Morgan fingerprint density at radius 2 is 1.71 bits per heavy atom. The number of hydrogen-bond donors (Lipinski definition) is 0. The van der Waals surface area contributed by atoms with E-state index in [2.05, 4.69) is 0 Å². The second-order valence-corrected chi connectivity index (χ2v) is 7.23. The molecule has 146 valence electrons. The third kappa shape index (κ3) is 3.30. The number of carbonyl (C=O) groups is 2. The molecular formula is C22H24N2O4. The third-order valence-electron chi connectivity index (χ3n) is 5.57. The van der Waals surface area contributed by atoms with E-state index in [1.165, 1.54) is 5.56 Å². The van der Waals surface area contributed by atoms with E-state index < -0.39 is 0 Å². The smallest absolute Gasteiger partial charge is 0.228 e. The summed E-state index contributed by atoms with van der Waals surface area (Å²) in [6.07, 6.45) is 1.04. The maximum Gasteiger partial charge on any atom is 0.228 e. The molecule has 0 saturated carbocycles. The van der Waals surface area contributed by atoms with Crippen molar-refractivity contribution in [2.45, 2.75) is 19.4 Å². The molecule has 2 aromatic rings. The molecule has 6 nitrogen and oxygen atoms in total. The fourth-order valence-corrected chi connectivity index (χ4v) is 4.06. The first-order valence-electron chi connectivity index (χ1n) is 9.48. The molecule has 2 aromatic carbocycles. The minimum atomic E-state index is -0.297. The minimum absolute atomic E-state index is 0.00775. The van der Waals surface area contributed by atoms with Gasteiger partial charge in [-0.3, -0.25) is 9.59 Å². The van der Waals surface area contributed by atoms with Crippen LogP contribution in [0.2, 0.25) is 0 Å². The molecule has 2 aliphatic rings. The maximum atomic E-state index is 13.1. The van der Waals surface area contributed by atoms with Crippen LogP contribution in [0.4, 0.5) is 5.69 Å². The van der Waals surface area contributed by atoms with Crippen LogP contribution in [0.15, 0.2) is 42.5 Å². The fraction of sp³-hybridized carbons (Fsp3) is 0.364. The second kappa shape index (κ2) is 7.54. The van der Waals surface area contributed by atoms with Crippen LogP contribution in [0.5, 0.6) is 11.5 Å². The molecule has 1 atom stereocenters. The SMILES string of the molecule is COc1cc2c(cc1OC)CN(C(=O)[C@H]1CC(=O)N(c3ccccc3)C1)CC2. The lowest BCUT2D eigenvalue weighted by Gasteiger charge is -2.31. The van der Waals surface area contributed by atoms with Crippen molar-refractivity contribution >= 4 is 17.5 Å². The quantitative estimate of drug-likeness (QED) is 0.818. The molecule has 0 aromatic heterocycles. The lowest BCUT2D eigenvalue weighted by Crippen LogP contribution is -2.40. The van der Waals surface area contributed by atoms with Gasteiger partial charge < -0.3 is 19.3 Å². The standard InChI is InChI=1S/C22H24N2O4/c1-27-19-10-15-8-9-23(13-16(15)11-20(19)28-2)22(26)17-12-21(25)24(14-17)18-6-4-3-5-7-18/h3-7,10-11,17H,8-9,12-14H2,1-2H3/t17-/m0/s1. The Balaban J connectivity index is 1.49. The average Bonchev–Trinajstić information content (AvgIpc) is 3.13. The maximum absolute atomic E-state index is 13.1. The van der Waals surface area contributed by atoms with Gasteiger partial charge in [-0.05, 0) is 41.8 Å². The van der Waals surface area contributed by atoms with Crippen LogP contribution in [-0.4, -0.2) is 44.0 Å². The number of fused-ring (bicyclic) bond motifs is 1. The molecule has 0 aliphatic carbocycles. The Bertz CT molecular complexity index is 897. The molecule has 4 rings (SSSR count). The summed E-state index contributed by atoms with van der Waals surface area (Å²) < 4.78 is 10.8. The van der Waals surface area contributed by atoms with Gasteiger partial charge in [-0.2, -0.15) is 0 Å². The number of ether oxygens (including phenoxy) is 2. The highest BCUT2D eigenvalue weighted by molar-refractivity contribution is 6.00. The molecule has 28 heavy (non-hydrogen) atoms. The summed E-state index contributed by atoms with van der Waals surface area (Å²) in [4.78, 5) is 29.1. The number of benzene rings is 2. The van der Waals surface area contributed by atoms with E-state index in [1.54, 1.807) is 19.1 Å². The minimum Gasteiger partial charge on any atom is -0.493 e. The van der Waals surface area contributed by atoms with Crippen molar-refractivity contribution in [1.29, 1.82) is 0 Å². The summed E-state index contributed by atoms with van der Waals surface area (Å²) in [5.41, 5.74) is 3.10. The average molecular weight is 380 g/mol. The summed E-state index contributed by atoms with van der Waals surface area (Å²) in [6.45, 7) is 1.62. The highest BCUT2D eigenvalue weighted by atomic mass is 16.5. The van der Waals surface area contributed by atoms with E-state index in [0.717, 1.165) is 17.7 Å². The molecule has 2 aliphatic heterocycles. The van der Waals surface area contributed by atoms with Gasteiger partial charge in [0.15, 0.2) is 11.5 Å². The summed E-state index contributed by atoms with van der Waals surface area (Å²) in [5.74, 6) is 1.14. The van der Waals surface area contributed by atoms with E-state index in [1.807, 2.05) is 47.4 Å². The van der Waals surface area contributed by atoms with Crippen molar-refractivity contribution in [1.82, 2.24) is 4.90 Å². The van der Waals surface area contributed by atoms with Crippen molar-refractivity contribution in [3.8, 4) is 11.5 Å². The number of nitrogens with zero attached hydrogens (tertiary/aromatic N) is 2. The summed E-state index contributed by atoms with van der Waals surface area (Å²) in [7, 11) is 3.23. The fourth-order valence-electron chi connectivity index (χ4n) is 4.06. The van der Waals surface area contributed by atoms with Crippen LogP contribution >= 0.6 is 0 Å². The van der Waals surface area contributed by atoms with Crippen LogP contribution in [-0.2, 0) is 22.6 Å². The zero-order chi connectivity index (χ0) is 19.7. The lowest BCUT2D eigenvalue weighted by atomic mass is 9.97. The molecule has 2 amide bonds. The Morgan fingerprint density at radius 1 is 1.04 bits per heavy atom. The van der Waals surface area contributed by atoms with Gasteiger partial charge in [0.1, 0.15) is 0 Å². The Kier molecular flexibility index (Phi) is 4.94. The number of anilines is 1. The summed E-state index contributed by atoms with van der Waals surface area (Å²) >= 11 is 0. The van der Waals surface area contributed by atoms with Gasteiger partial charge in [-0.1, -0.05) is 18.2 Å². The number of amides is 2. The van der Waals surface area contributed by atoms with Crippen molar-refractivity contribution in [2.75, 3.05) is 32.2 Å². The van der Waals surface area contributed by atoms with E-state index in [4.69, 9.17) is 9.47 Å². The van der Waals surface area contributed by atoms with Crippen molar-refractivity contribution in [2.24, 2.45) is 5.92 Å². The predicted molar refractivity (Wildman–Crippen MR) is 106 cm³/mol. The molecule has 6 heteroatoms. The Hall–Kier alpha value is -3.02. The number of hydrogen-bond acceptors (Lipinski definition) is 4. The largest absolute Gasteiger partial charge is 0.493 e. The van der Waals surface area contributed by atoms with Crippen LogP contribution in [0.3, 0.4) is 0 Å². The zero-order valence-corrected chi connectivity index (χ0v) is 16.2. The normalized spacial score (nSPS) is 18.8. The molecule has 2 heterocycles. The van der Waals surface area contributed by atoms with Crippen LogP contribution in [0.1, 0.15) is 17.5 Å². The first kappa shape index (κ1) is 18.3. The monoisotopic (exact) mass is 380 g/mol. The van der Waals surface area contributed by atoms with Gasteiger partial charge in [0.05, 0.1) is 20.1 Å². The molecule has 1 fully saturated rings. The van der Waals surface area contributed by atoms with Gasteiger partial charge in [0.2, 0.25) is 11.8 Å². The topological polar surface area (TPSA) is 59.1 Å². The van der Waals surface area contributed by atoms with Crippen LogP contribution in [0, 0.1) is 5.92 Å². The highest BCUT2D eigenvalue weighted by Crippen LogP contribution is 2.34. The summed E-state index contributed by atoms with van der Waals surface area (Å²) in [6, 6.07) is 13.5. The molecule has 0 bridgehead atoms. The van der Waals surface area contributed by atoms with Crippen molar-refractivity contribution in [3.05, 3.63) is 53.6 Å². The van der Waals surface area contributed by atoms with Gasteiger partial charge in [0, 0.05) is 31.7 Å². The van der Waals surface area contributed by atoms with Crippen molar-refractivity contribution < 1.29 is 19.1 Å².